The van der Waals surface area contributed by atoms with Crippen molar-refractivity contribution in [3.63, 3.8) is 0 Å². The lowest BCUT2D eigenvalue weighted by atomic mass is 10.2. The van der Waals surface area contributed by atoms with Gasteiger partial charge in [0.1, 0.15) is 19.4 Å². The van der Waals surface area contributed by atoms with E-state index < -0.39 is 18.6 Å². The molecule has 27 heavy (non-hydrogen) atoms. The van der Waals surface area contributed by atoms with Crippen LogP contribution in [0.1, 0.15) is 6.42 Å². The number of aliphatic carboxylic acids is 1. The predicted molar refractivity (Wildman–Crippen MR) is 89.7 cm³/mol. The molecule has 3 heterocycles. The summed E-state index contributed by atoms with van der Waals surface area (Å²) in [5.41, 5.74) is 6.64. The van der Waals surface area contributed by atoms with Gasteiger partial charge in [-0.3, -0.25) is 10.5 Å². The van der Waals surface area contributed by atoms with E-state index in [-0.39, 0.29) is 6.42 Å². The van der Waals surface area contributed by atoms with E-state index in [1.54, 1.807) is 10.8 Å². The molecule has 0 bridgehead atoms. The fourth-order valence-corrected chi connectivity index (χ4v) is 2.08. The van der Waals surface area contributed by atoms with E-state index in [1.165, 1.54) is 7.11 Å². The number of carboxylic acids is 1. The van der Waals surface area contributed by atoms with Crippen LogP contribution in [0.2, 0.25) is 0 Å². The maximum absolute atomic E-state index is 11.4. The normalized spacial score (nSPS) is 11.1. The molecule has 3 aromatic heterocycles. The summed E-state index contributed by atoms with van der Waals surface area (Å²) in [7, 11) is 1.17. The number of aromatic nitrogens is 5. The maximum atomic E-state index is 11.4. The quantitative estimate of drug-likeness (QED) is 0.477. The highest BCUT2D eigenvalue weighted by Crippen LogP contribution is 2.14. The predicted octanol–water partition coefficient (Wildman–Crippen LogP) is 0.738. The highest BCUT2D eigenvalue weighted by Gasteiger charge is 2.20. The molecule has 0 amide bonds. The molecule has 0 fully saturated rings. The molecule has 9 nitrogen and oxygen atoms in total. The monoisotopic (exact) mass is 381 g/mol. The SMILES string of the molecule is COCC(N)(F)F.O=C(O)CC[n+]1ccc(-c2ccc3nncn3n2)cc1. The Hall–Kier alpha value is -3.05. The second-order valence-electron chi connectivity index (χ2n) is 5.51. The fraction of sp³-hybridized carbons (Fsp3) is 0.312. The molecule has 0 unspecified atom stereocenters. The van der Waals surface area contributed by atoms with Gasteiger partial charge in [0.25, 0.3) is 0 Å². The first kappa shape index (κ1) is 20.3. The number of fused-ring (bicyclic) bond motifs is 1. The van der Waals surface area contributed by atoms with Gasteiger partial charge >= 0.3 is 12.0 Å². The van der Waals surface area contributed by atoms with E-state index >= 15 is 0 Å². The smallest absolute Gasteiger partial charge is 0.323 e. The third-order valence-corrected chi connectivity index (χ3v) is 3.27. The number of ether oxygens (including phenoxy) is 1. The Balaban J connectivity index is 0.000000321. The second-order valence-corrected chi connectivity index (χ2v) is 5.51. The molecule has 0 saturated heterocycles. The number of pyridine rings is 1. The van der Waals surface area contributed by atoms with E-state index in [1.807, 2.05) is 41.2 Å². The zero-order valence-electron chi connectivity index (χ0n) is 14.5. The van der Waals surface area contributed by atoms with Gasteiger partial charge in [0.2, 0.25) is 0 Å². The van der Waals surface area contributed by atoms with Gasteiger partial charge < -0.3 is 9.84 Å². The van der Waals surface area contributed by atoms with E-state index in [0.29, 0.717) is 12.2 Å². The fourth-order valence-electron chi connectivity index (χ4n) is 2.08. The summed E-state index contributed by atoms with van der Waals surface area (Å²) in [4.78, 5) is 10.5. The number of carbonyl (C=O) groups is 1. The average molecular weight is 381 g/mol. The van der Waals surface area contributed by atoms with Crippen molar-refractivity contribution >= 4 is 11.6 Å². The Labute approximate surface area is 153 Å². The first-order valence-corrected chi connectivity index (χ1v) is 7.82. The van der Waals surface area contributed by atoms with E-state index in [0.717, 1.165) is 11.3 Å². The Morgan fingerprint density at radius 2 is 2.04 bits per heavy atom. The van der Waals surface area contributed by atoms with E-state index in [4.69, 9.17) is 5.11 Å². The largest absolute Gasteiger partial charge is 0.481 e. The number of alkyl halides is 2. The van der Waals surface area contributed by atoms with E-state index in [2.05, 4.69) is 25.8 Å². The number of hydrogen-bond acceptors (Lipinski definition) is 6. The number of hydrogen-bond donors (Lipinski definition) is 2. The van der Waals surface area contributed by atoms with Crippen molar-refractivity contribution in [1.29, 1.82) is 0 Å². The third kappa shape index (κ3) is 6.64. The molecule has 0 atom stereocenters. The Morgan fingerprint density at radius 1 is 1.33 bits per heavy atom. The first-order chi connectivity index (χ1) is 12.8. The number of nitrogens with two attached hydrogens (primary N) is 1. The molecule has 0 spiro atoms. The minimum absolute atomic E-state index is 0.106. The molecule has 11 heteroatoms. The standard InChI is InChI=1S/C13H11N5O2.C3H7F2NO/c19-13(20)5-8-17-6-3-10(4-7-17)11-1-2-12-15-14-9-18(12)16-11;1-7-2-3(4,5)6/h1-4,6-7,9H,5,8H2;2,6H2,1H3/p+1. The topological polar surface area (TPSA) is 120 Å². The maximum Gasteiger partial charge on any atom is 0.323 e. The van der Waals surface area contributed by atoms with Gasteiger partial charge in [-0.25, -0.2) is 4.57 Å². The molecule has 0 aliphatic rings. The molecule has 0 radical (unpaired) electrons. The molecule has 3 N–H and O–H groups in total. The van der Waals surface area contributed by atoms with Crippen molar-refractivity contribution in [2.24, 2.45) is 5.73 Å². The number of nitrogens with zero attached hydrogens (tertiary/aromatic N) is 5. The van der Waals surface area contributed by atoms with Crippen LogP contribution < -0.4 is 10.3 Å². The molecule has 3 aromatic rings. The van der Waals surface area contributed by atoms with Crippen molar-refractivity contribution in [2.75, 3.05) is 13.7 Å². The Kier molecular flexibility index (Phi) is 6.79. The molecule has 144 valence electrons. The van der Waals surface area contributed by atoms with Crippen molar-refractivity contribution in [1.82, 2.24) is 19.8 Å². The van der Waals surface area contributed by atoms with Gasteiger partial charge in [-0.05, 0) is 12.1 Å². The van der Waals surface area contributed by atoms with Gasteiger partial charge in [-0.15, -0.1) is 10.2 Å². The highest BCUT2D eigenvalue weighted by atomic mass is 19.3. The summed E-state index contributed by atoms with van der Waals surface area (Å²) < 4.78 is 30.2. The average Bonchev–Trinajstić information content (AvgIpc) is 3.07. The number of halogens is 2. The van der Waals surface area contributed by atoms with Crippen LogP contribution in [-0.2, 0) is 16.1 Å². The van der Waals surface area contributed by atoms with E-state index in [9.17, 15) is 13.6 Å². The molecular formula is C16H19F2N6O3+. The van der Waals surface area contributed by atoms with Crippen molar-refractivity contribution < 1.29 is 28.0 Å². The number of methoxy groups -OCH3 is 1. The summed E-state index contributed by atoms with van der Waals surface area (Å²) in [6.45, 7) is -0.263. The van der Waals surface area contributed by atoms with Crippen LogP contribution in [0.15, 0.2) is 43.0 Å². The summed E-state index contributed by atoms with van der Waals surface area (Å²) in [5, 5.41) is 20.7. The van der Waals surface area contributed by atoms with Gasteiger partial charge in [-0.2, -0.15) is 18.4 Å². The molecular weight excluding hydrogens is 362 g/mol. The number of rotatable bonds is 6. The summed E-state index contributed by atoms with van der Waals surface area (Å²) >= 11 is 0. The Bertz CT molecular complexity index is 880. The van der Waals surface area contributed by atoms with Crippen LogP contribution >= 0.6 is 0 Å². The van der Waals surface area contributed by atoms with Gasteiger partial charge in [0, 0.05) is 24.8 Å². The van der Waals surface area contributed by atoms with Crippen LogP contribution in [-0.4, -0.2) is 50.7 Å². The lowest BCUT2D eigenvalue weighted by molar-refractivity contribution is -0.695. The van der Waals surface area contributed by atoms with Crippen molar-refractivity contribution in [3.8, 4) is 11.3 Å². The summed E-state index contributed by atoms with van der Waals surface area (Å²) in [6, 6.07) is 4.36. The zero-order chi connectivity index (χ0) is 19.9. The lowest BCUT2D eigenvalue weighted by Gasteiger charge is -2.05. The van der Waals surface area contributed by atoms with Crippen LogP contribution in [0, 0.1) is 0 Å². The lowest BCUT2D eigenvalue weighted by Crippen LogP contribution is -2.33. The third-order valence-electron chi connectivity index (χ3n) is 3.27. The summed E-state index contributed by atoms with van der Waals surface area (Å²) in [5.74, 6) is -0.804. The molecule has 3 rings (SSSR count). The highest BCUT2D eigenvalue weighted by molar-refractivity contribution is 5.66. The number of aryl methyl sites for hydroxylation is 1. The van der Waals surface area contributed by atoms with Crippen LogP contribution in [0.25, 0.3) is 16.9 Å². The molecule has 0 saturated carbocycles. The molecule has 0 aliphatic carbocycles. The van der Waals surface area contributed by atoms with Crippen LogP contribution in [0.5, 0.6) is 0 Å². The van der Waals surface area contributed by atoms with Crippen LogP contribution in [0.3, 0.4) is 0 Å². The van der Waals surface area contributed by atoms with Crippen molar-refractivity contribution in [2.45, 2.75) is 19.0 Å². The van der Waals surface area contributed by atoms with Gasteiger partial charge in [0.05, 0.1) is 5.69 Å². The number of carboxylic acid groups (broad SMARTS) is 1. The van der Waals surface area contributed by atoms with Crippen LogP contribution in [0.4, 0.5) is 8.78 Å². The first-order valence-electron chi connectivity index (χ1n) is 7.82. The second kappa shape index (κ2) is 9.05. The van der Waals surface area contributed by atoms with Gasteiger partial charge in [-0.1, -0.05) is 0 Å². The minimum atomic E-state index is -3.17. The minimum Gasteiger partial charge on any atom is -0.481 e. The molecule has 0 aromatic carbocycles. The van der Waals surface area contributed by atoms with Gasteiger partial charge in [0.15, 0.2) is 24.6 Å². The van der Waals surface area contributed by atoms with Crippen molar-refractivity contribution in [3.05, 3.63) is 43.0 Å². The zero-order valence-corrected chi connectivity index (χ0v) is 14.5. The molecule has 0 aliphatic heterocycles. The summed E-state index contributed by atoms with van der Waals surface area (Å²) in [6.07, 6.45) is 5.34. The Morgan fingerprint density at radius 3 is 2.59 bits per heavy atom.